The first-order valence-electron chi connectivity index (χ1n) is 7.47. The third-order valence-corrected chi connectivity index (χ3v) is 4.40. The van der Waals surface area contributed by atoms with Gasteiger partial charge in [0.2, 0.25) is 0 Å². The summed E-state index contributed by atoms with van der Waals surface area (Å²) >= 11 is 1.60. The van der Waals surface area contributed by atoms with Crippen molar-refractivity contribution in [1.82, 2.24) is 4.98 Å². The molecule has 2 aromatic carbocycles. The molecule has 0 fully saturated rings. The molecule has 4 nitrogen and oxygen atoms in total. The molecule has 1 atom stereocenters. The molecule has 0 bridgehead atoms. The maximum absolute atomic E-state index is 11.8. The summed E-state index contributed by atoms with van der Waals surface area (Å²) in [6.45, 7) is 3.80. The summed E-state index contributed by atoms with van der Waals surface area (Å²) in [6, 6.07) is 15.6. The summed E-state index contributed by atoms with van der Waals surface area (Å²) in [6.07, 6.45) is -0.662. The Labute approximate surface area is 138 Å². The Morgan fingerprint density at radius 3 is 2.70 bits per heavy atom. The number of rotatable bonds is 5. The fraction of sp³-hybridized carbons (Fsp3) is 0.222. The van der Waals surface area contributed by atoms with Crippen LogP contribution in [0.2, 0.25) is 0 Å². The monoisotopic (exact) mass is 327 g/mol. The number of thiazole rings is 1. The van der Waals surface area contributed by atoms with Gasteiger partial charge in [-0.05, 0) is 38.1 Å². The predicted octanol–water partition coefficient (Wildman–Crippen LogP) is 4.29. The normalized spacial score (nSPS) is 12.1. The van der Waals surface area contributed by atoms with Crippen molar-refractivity contribution in [3.63, 3.8) is 0 Å². The first kappa shape index (κ1) is 15.5. The van der Waals surface area contributed by atoms with Gasteiger partial charge in [0.25, 0.3) is 0 Å². The molecule has 0 saturated heterocycles. The van der Waals surface area contributed by atoms with Crippen LogP contribution in [0.5, 0.6) is 5.75 Å². The second kappa shape index (κ2) is 6.79. The van der Waals surface area contributed by atoms with Gasteiger partial charge in [-0.2, -0.15) is 0 Å². The standard InChI is InChI=1S/C18H17NO3S/c1-3-21-18(20)12(2)22-15-10-6-4-8-13(15)17-19-14-9-5-7-11-16(14)23-17/h4-12H,3H2,1-2H3. The maximum atomic E-state index is 11.8. The van der Waals surface area contributed by atoms with E-state index in [9.17, 15) is 4.79 Å². The lowest BCUT2D eigenvalue weighted by Gasteiger charge is -2.15. The van der Waals surface area contributed by atoms with Crippen molar-refractivity contribution in [2.45, 2.75) is 20.0 Å². The number of benzene rings is 2. The maximum Gasteiger partial charge on any atom is 0.347 e. The van der Waals surface area contributed by atoms with Crippen molar-refractivity contribution >= 4 is 27.5 Å². The summed E-state index contributed by atoms with van der Waals surface area (Å²) < 4.78 is 11.9. The number of carbonyl (C=O) groups excluding carboxylic acids is 1. The Hall–Kier alpha value is -2.40. The minimum absolute atomic E-state index is 0.339. The van der Waals surface area contributed by atoms with Crippen LogP contribution in [0.3, 0.4) is 0 Å². The van der Waals surface area contributed by atoms with Gasteiger partial charge in [0, 0.05) is 0 Å². The number of para-hydroxylation sites is 2. The summed E-state index contributed by atoms with van der Waals surface area (Å²) in [5.41, 5.74) is 1.84. The van der Waals surface area contributed by atoms with E-state index in [0.29, 0.717) is 12.4 Å². The van der Waals surface area contributed by atoms with Crippen LogP contribution < -0.4 is 4.74 Å². The molecule has 0 aliphatic heterocycles. The molecule has 1 aromatic heterocycles. The van der Waals surface area contributed by atoms with Gasteiger partial charge in [0.05, 0.1) is 22.4 Å². The Bertz CT molecular complexity index is 795. The SMILES string of the molecule is CCOC(=O)C(C)Oc1ccccc1-c1nc2ccccc2s1. The van der Waals surface area contributed by atoms with E-state index in [2.05, 4.69) is 4.98 Å². The lowest BCUT2D eigenvalue weighted by atomic mass is 10.2. The third kappa shape index (κ3) is 3.35. The Kier molecular flexibility index (Phi) is 4.57. The molecule has 3 rings (SSSR count). The molecule has 0 saturated carbocycles. The lowest BCUT2D eigenvalue weighted by Crippen LogP contribution is -2.26. The molecule has 118 valence electrons. The van der Waals surface area contributed by atoms with Crippen LogP contribution in [0.4, 0.5) is 0 Å². The summed E-state index contributed by atoms with van der Waals surface area (Å²) in [5.74, 6) is 0.263. The van der Waals surface area contributed by atoms with Crippen molar-refractivity contribution in [1.29, 1.82) is 0 Å². The van der Waals surface area contributed by atoms with Crippen molar-refractivity contribution in [2.75, 3.05) is 6.61 Å². The van der Waals surface area contributed by atoms with E-state index >= 15 is 0 Å². The van der Waals surface area contributed by atoms with E-state index in [1.165, 1.54) is 0 Å². The molecule has 23 heavy (non-hydrogen) atoms. The average Bonchev–Trinajstić information content (AvgIpc) is 2.99. The highest BCUT2D eigenvalue weighted by Crippen LogP contribution is 2.35. The number of fused-ring (bicyclic) bond motifs is 1. The summed E-state index contributed by atoms with van der Waals surface area (Å²) in [5, 5.41) is 0.873. The molecule has 5 heteroatoms. The van der Waals surface area contributed by atoms with Crippen molar-refractivity contribution in [2.24, 2.45) is 0 Å². The second-order valence-electron chi connectivity index (χ2n) is 5.00. The van der Waals surface area contributed by atoms with Crippen LogP contribution in [-0.4, -0.2) is 23.7 Å². The largest absolute Gasteiger partial charge is 0.478 e. The van der Waals surface area contributed by atoms with E-state index in [-0.39, 0.29) is 5.97 Å². The van der Waals surface area contributed by atoms with Crippen LogP contribution >= 0.6 is 11.3 Å². The smallest absolute Gasteiger partial charge is 0.347 e. The van der Waals surface area contributed by atoms with Gasteiger partial charge >= 0.3 is 5.97 Å². The summed E-state index contributed by atoms with van der Waals surface area (Å²) in [4.78, 5) is 16.4. The van der Waals surface area contributed by atoms with Gasteiger partial charge < -0.3 is 9.47 Å². The Morgan fingerprint density at radius 2 is 1.91 bits per heavy atom. The zero-order valence-electron chi connectivity index (χ0n) is 13.0. The Morgan fingerprint density at radius 1 is 1.17 bits per heavy atom. The number of ether oxygens (including phenoxy) is 2. The number of aromatic nitrogens is 1. The first-order chi connectivity index (χ1) is 11.2. The topological polar surface area (TPSA) is 48.4 Å². The molecule has 3 aromatic rings. The van der Waals surface area contributed by atoms with Gasteiger partial charge in [-0.3, -0.25) is 0 Å². The molecule has 1 heterocycles. The fourth-order valence-electron chi connectivity index (χ4n) is 2.23. The minimum atomic E-state index is -0.662. The lowest BCUT2D eigenvalue weighted by molar-refractivity contribution is -0.150. The average molecular weight is 327 g/mol. The molecule has 0 radical (unpaired) electrons. The quantitative estimate of drug-likeness (QED) is 0.656. The first-order valence-corrected chi connectivity index (χ1v) is 8.29. The van der Waals surface area contributed by atoms with Gasteiger partial charge in [0.1, 0.15) is 10.8 Å². The van der Waals surface area contributed by atoms with Crippen LogP contribution in [-0.2, 0) is 9.53 Å². The van der Waals surface area contributed by atoms with Gasteiger partial charge in [0.15, 0.2) is 6.10 Å². The van der Waals surface area contributed by atoms with E-state index in [4.69, 9.17) is 9.47 Å². The van der Waals surface area contributed by atoms with Crippen LogP contribution in [0, 0.1) is 0 Å². The number of hydrogen-bond donors (Lipinski definition) is 0. The minimum Gasteiger partial charge on any atom is -0.478 e. The van der Waals surface area contributed by atoms with E-state index in [1.807, 2.05) is 48.5 Å². The highest BCUT2D eigenvalue weighted by Gasteiger charge is 2.19. The highest BCUT2D eigenvalue weighted by molar-refractivity contribution is 7.21. The molecule has 1 unspecified atom stereocenters. The molecular weight excluding hydrogens is 310 g/mol. The predicted molar refractivity (Wildman–Crippen MR) is 91.8 cm³/mol. The van der Waals surface area contributed by atoms with E-state index in [0.717, 1.165) is 20.8 Å². The molecule has 0 N–H and O–H groups in total. The molecule has 0 amide bonds. The van der Waals surface area contributed by atoms with Gasteiger partial charge in [-0.25, -0.2) is 9.78 Å². The van der Waals surface area contributed by atoms with Crippen molar-refractivity contribution < 1.29 is 14.3 Å². The summed E-state index contributed by atoms with van der Waals surface area (Å²) in [7, 11) is 0. The Balaban J connectivity index is 1.93. The van der Waals surface area contributed by atoms with E-state index < -0.39 is 6.10 Å². The number of nitrogens with zero attached hydrogens (tertiary/aromatic N) is 1. The van der Waals surface area contributed by atoms with Crippen LogP contribution in [0.15, 0.2) is 48.5 Å². The molecule has 0 spiro atoms. The number of esters is 1. The highest BCUT2D eigenvalue weighted by atomic mass is 32.1. The second-order valence-corrected chi connectivity index (χ2v) is 6.03. The zero-order valence-corrected chi connectivity index (χ0v) is 13.8. The van der Waals surface area contributed by atoms with Crippen molar-refractivity contribution in [3.8, 4) is 16.3 Å². The van der Waals surface area contributed by atoms with Crippen molar-refractivity contribution in [3.05, 3.63) is 48.5 Å². The number of carbonyl (C=O) groups is 1. The van der Waals surface area contributed by atoms with Gasteiger partial charge in [-0.1, -0.05) is 24.3 Å². The fourth-order valence-corrected chi connectivity index (χ4v) is 3.23. The zero-order chi connectivity index (χ0) is 16.2. The molecular formula is C18H17NO3S. The third-order valence-electron chi connectivity index (χ3n) is 3.33. The molecule has 0 aliphatic rings. The van der Waals surface area contributed by atoms with E-state index in [1.54, 1.807) is 25.2 Å². The van der Waals surface area contributed by atoms with Gasteiger partial charge in [-0.15, -0.1) is 11.3 Å². The van der Waals surface area contributed by atoms with Crippen LogP contribution in [0.1, 0.15) is 13.8 Å². The molecule has 0 aliphatic carbocycles. The number of hydrogen-bond acceptors (Lipinski definition) is 5. The van der Waals surface area contributed by atoms with Crippen LogP contribution in [0.25, 0.3) is 20.8 Å².